The van der Waals surface area contributed by atoms with Crippen molar-refractivity contribution in [3.8, 4) is 6.07 Å². The van der Waals surface area contributed by atoms with E-state index in [0.717, 1.165) is 18.4 Å². The number of nitrogens with one attached hydrogen (secondary N) is 1. The minimum Gasteiger partial charge on any atom is -0.198 e. The molecule has 1 unspecified atom stereocenters. The smallest absolute Gasteiger partial charge is 0.198 e. The Morgan fingerprint density at radius 1 is 1.50 bits per heavy atom. The van der Waals surface area contributed by atoms with E-state index >= 15 is 0 Å². The molecule has 0 bridgehead atoms. The molecule has 108 valence electrons. The summed E-state index contributed by atoms with van der Waals surface area (Å²) in [6, 6.07) is 9.00. The normalized spacial score (nSPS) is 20.5. The third kappa shape index (κ3) is 3.79. The van der Waals surface area contributed by atoms with Crippen LogP contribution in [0.2, 0.25) is 0 Å². The Hall–Kier alpha value is -1.42. The fraction of sp³-hybridized carbons (Fsp3) is 0.500. The number of nitriles is 1. The van der Waals surface area contributed by atoms with E-state index in [1.165, 1.54) is 4.31 Å². The maximum absolute atomic E-state index is 12.2. The predicted octanol–water partition coefficient (Wildman–Crippen LogP) is 1.62. The van der Waals surface area contributed by atoms with Crippen LogP contribution in [0.5, 0.6) is 0 Å². The second-order valence-corrected chi connectivity index (χ2v) is 7.00. The number of rotatable bonds is 4. The SMILES string of the molecule is CC1CCCN(S(=O)(=O)NCc2cccc(C#N)c2)C1. The highest BCUT2D eigenvalue weighted by atomic mass is 32.2. The molecule has 1 aromatic carbocycles. The van der Waals surface area contributed by atoms with E-state index in [1.807, 2.05) is 12.1 Å². The van der Waals surface area contributed by atoms with Crippen molar-refractivity contribution in [2.75, 3.05) is 13.1 Å². The van der Waals surface area contributed by atoms with E-state index in [1.54, 1.807) is 18.2 Å². The van der Waals surface area contributed by atoms with Crippen molar-refractivity contribution < 1.29 is 8.42 Å². The summed E-state index contributed by atoms with van der Waals surface area (Å²) in [5.41, 5.74) is 1.32. The second-order valence-electron chi connectivity index (χ2n) is 5.24. The highest BCUT2D eigenvalue weighted by Gasteiger charge is 2.26. The molecule has 6 heteroatoms. The molecule has 1 atom stereocenters. The number of hydrogen-bond acceptors (Lipinski definition) is 3. The highest BCUT2D eigenvalue weighted by Crippen LogP contribution is 2.17. The van der Waals surface area contributed by atoms with Crippen molar-refractivity contribution in [2.45, 2.75) is 26.3 Å². The molecule has 0 amide bonds. The largest absolute Gasteiger partial charge is 0.279 e. The quantitative estimate of drug-likeness (QED) is 0.917. The Morgan fingerprint density at radius 3 is 3.00 bits per heavy atom. The molecule has 0 saturated carbocycles. The van der Waals surface area contributed by atoms with Crippen molar-refractivity contribution >= 4 is 10.2 Å². The van der Waals surface area contributed by atoms with E-state index in [-0.39, 0.29) is 6.54 Å². The van der Waals surface area contributed by atoms with Gasteiger partial charge in [-0.1, -0.05) is 19.1 Å². The number of piperidine rings is 1. The third-order valence-corrected chi connectivity index (χ3v) is 5.00. The van der Waals surface area contributed by atoms with E-state index in [4.69, 9.17) is 5.26 Å². The van der Waals surface area contributed by atoms with Crippen LogP contribution in [0.4, 0.5) is 0 Å². The maximum atomic E-state index is 12.2. The van der Waals surface area contributed by atoms with Crippen LogP contribution >= 0.6 is 0 Å². The van der Waals surface area contributed by atoms with E-state index in [2.05, 4.69) is 11.6 Å². The second kappa shape index (κ2) is 6.35. The summed E-state index contributed by atoms with van der Waals surface area (Å²) in [5.74, 6) is 0.405. The van der Waals surface area contributed by atoms with E-state index in [9.17, 15) is 8.42 Å². The summed E-state index contributed by atoms with van der Waals surface area (Å²) in [6.07, 6.45) is 1.99. The van der Waals surface area contributed by atoms with Gasteiger partial charge in [-0.05, 0) is 36.5 Å². The van der Waals surface area contributed by atoms with Gasteiger partial charge in [0.05, 0.1) is 11.6 Å². The molecule has 1 aliphatic heterocycles. The number of benzene rings is 1. The zero-order chi connectivity index (χ0) is 14.6. The standard InChI is InChI=1S/C14H19N3O2S/c1-12-4-3-7-17(11-12)20(18,19)16-10-14-6-2-5-13(8-14)9-15/h2,5-6,8,12,16H,3-4,7,10-11H2,1H3. The monoisotopic (exact) mass is 293 g/mol. The van der Waals surface area contributed by atoms with Crippen molar-refractivity contribution in [3.63, 3.8) is 0 Å². The molecule has 1 aliphatic rings. The lowest BCUT2D eigenvalue weighted by molar-refractivity contribution is 0.278. The first-order valence-electron chi connectivity index (χ1n) is 6.75. The Kier molecular flexibility index (Phi) is 4.76. The molecule has 0 aliphatic carbocycles. The third-order valence-electron chi connectivity index (χ3n) is 3.47. The zero-order valence-electron chi connectivity index (χ0n) is 11.5. The molecule has 1 saturated heterocycles. The van der Waals surface area contributed by atoms with E-state index in [0.29, 0.717) is 24.6 Å². The average Bonchev–Trinajstić information content (AvgIpc) is 2.45. The molecule has 1 aromatic rings. The summed E-state index contributed by atoms with van der Waals surface area (Å²) < 4.78 is 28.5. The molecule has 20 heavy (non-hydrogen) atoms. The van der Waals surface area contributed by atoms with Gasteiger partial charge in [-0.2, -0.15) is 22.7 Å². The zero-order valence-corrected chi connectivity index (χ0v) is 12.4. The van der Waals surface area contributed by atoms with Crippen molar-refractivity contribution in [1.82, 2.24) is 9.03 Å². The summed E-state index contributed by atoms with van der Waals surface area (Å²) >= 11 is 0. The molecule has 0 spiro atoms. The Balaban J connectivity index is 2.00. The van der Waals surface area contributed by atoms with Crippen LogP contribution in [0.1, 0.15) is 30.9 Å². The first-order valence-corrected chi connectivity index (χ1v) is 8.19. The van der Waals surface area contributed by atoms with Gasteiger partial charge < -0.3 is 0 Å². The molecule has 1 N–H and O–H groups in total. The summed E-state index contributed by atoms with van der Waals surface area (Å²) in [6.45, 7) is 3.44. The summed E-state index contributed by atoms with van der Waals surface area (Å²) in [4.78, 5) is 0. The van der Waals surface area contributed by atoms with Crippen LogP contribution in [0.15, 0.2) is 24.3 Å². The fourth-order valence-electron chi connectivity index (χ4n) is 2.38. The molecule has 5 nitrogen and oxygen atoms in total. The van der Waals surface area contributed by atoms with Gasteiger partial charge >= 0.3 is 0 Å². The number of nitrogens with zero attached hydrogens (tertiary/aromatic N) is 2. The lowest BCUT2D eigenvalue weighted by Crippen LogP contribution is -2.45. The first-order chi connectivity index (χ1) is 9.51. The fourth-order valence-corrected chi connectivity index (χ4v) is 3.73. The minimum atomic E-state index is -3.43. The topological polar surface area (TPSA) is 73.2 Å². The van der Waals surface area contributed by atoms with Gasteiger partial charge in [0.2, 0.25) is 0 Å². The molecular formula is C14H19N3O2S. The predicted molar refractivity (Wildman–Crippen MR) is 76.9 cm³/mol. The highest BCUT2D eigenvalue weighted by molar-refractivity contribution is 7.87. The van der Waals surface area contributed by atoms with Crippen LogP contribution in [0.3, 0.4) is 0 Å². The van der Waals surface area contributed by atoms with Gasteiger partial charge in [0.25, 0.3) is 10.2 Å². The lowest BCUT2D eigenvalue weighted by atomic mass is 10.0. The van der Waals surface area contributed by atoms with Gasteiger partial charge in [-0.15, -0.1) is 0 Å². The van der Waals surface area contributed by atoms with Crippen LogP contribution in [-0.2, 0) is 16.8 Å². The van der Waals surface area contributed by atoms with Crippen molar-refractivity contribution in [3.05, 3.63) is 35.4 Å². The summed E-state index contributed by atoms with van der Waals surface area (Å²) in [5, 5.41) is 8.83. The Morgan fingerprint density at radius 2 is 2.30 bits per heavy atom. The molecule has 1 heterocycles. The van der Waals surface area contributed by atoms with E-state index < -0.39 is 10.2 Å². The van der Waals surface area contributed by atoms with Crippen molar-refractivity contribution in [2.24, 2.45) is 5.92 Å². The molecule has 1 fully saturated rings. The van der Waals surface area contributed by atoms with Crippen LogP contribution in [-0.4, -0.2) is 25.8 Å². The van der Waals surface area contributed by atoms with Gasteiger partial charge in [0, 0.05) is 19.6 Å². The lowest BCUT2D eigenvalue weighted by Gasteiger charge is -2.30. The minimum absolute atomic E-state index is 0.211. The average molecular weight is 293 g/mol. The van der Waals surface area contributed by atoms with Gasteiger partial charge in [-0.3, -0.25) is 0 Å². The van der Waals surface area contributed by atoms with Gasteiger partial charge in [0.1, 0.15) is 0 Å². The number of hydrogen-bond donors (Lipinski definition) is 1. The van der Waals surface area contributed by atoms with Crippen LogP contribution < -0.4 is 4.72 Å². The van der Waals surface area contributed by atoms with Crippen LogP contribution in [0, 0.1) is 17.2 Å². The molecule has 2 rings (SSSR count). The Labute approximate surface area is 120 Å². The van der Waals surface area contributed by atoms with Crippen molar-refractivity contribution in [1.29, 1.82) is 5.26 Å². The molecule has 0 radical (unpaired) electrons. The first kappa shape index (κ1) is 15.0. The molecule has 0 aromatic heterocycles. The summed E-state index contributed by atoms with van der Waals surface area (Å²) in [7, 11) is -3.43. The molecular weight excluding hydrogens is 274 g/mol. The maximum Gasteiger partial charge on any atom is 0.279 e. The van der Waals surface area contributed by atoms with Gasteiger partial charge in [0.15, 0.2) is 0 Å². The Bertz CT molecular complexity index is 607. The van der Waals surface area contributed by atoms with Gasteiger partial charge in [-0.25, -0.2) is 0 Å². The van der Waals surface area contributed by atoms with Crippen LogP contribution in [0.25, 0.3) is 0 Å².